The van der Waals surface area contributed by atoms with Gasteiger partial charge in [-0.2, -0.15) is 15.2 Å². The zero-order valence-corrected chi connectivity index (χ0v) is 30.7. The second-order valence-electron chi connectivity index (χ2n) is 14.4. The van der Waals surface area contributed by atoms with Gasteiger partial charge in [0.2, 0.25) is 10.0 Å². The summed E-state index contributed by atoms with van der Waals surface area (Å²) in [6.07, 6.45) is 6.67. The Hall–Kier alpha value is -3.55. The van der Waals surface area contributed by atoms with Crippen molar-refractivity contribution in [2.24, 2.45) is 5.92 Å². The molecule has 0 saturated carbocycles. The molecule has 0 amide bonds. The first-order valence-electron chi connectivity index (χ1n) is 17.3. The van der Waals surface area contributed by atoms with Gasteiger partial charge in [0.1, 0.15) is 34.8 Å². The highest BCUT2D eigenvalue weighted by molar-refractivity contribution is 7.88. The quantitative estimate of drug-likeness (QED) is 0.233. The maximum absolute atomic E-state index is 17.4. The number of rotatable bonds is 6. The van der Waals surface area contributed by atoms with Crippen LogP contribution in [0.4, 0.5) is 19.6 Å². The van der Waals surface area contributed by atoms with Crippen molar-refractivity contribution in [2.45, 2.75) is 69.5 Å². The molecule has 3 saturated heterocycles. The predicted octanol–water partition coefficient (Wildman–Crippen LogP) is 6.21. The molecule has 0 radical (unpaired) electrons. The third kappa shape index (κ3) is 5.83. The SMILES string of the molecule is C[C@H]1CN2CCCC2(COc2nc3c4c(c(Cl)c(-c5ccc(F)c6sc(N)c(C#N)c56)c(F)c4n2)OCCC2C(NS(C)(=O)=O)CCCCN32)C1. The van der Waals surface area contributed by atoms with Crippen LogP contribution in [0.5, 0.6) is 11.8 Å². The first kappa shape index (κ1) is 34.5. The molecule has 11 nitrogen and oxygen atoms in total. The number of nitrogens with two attached hydrogens (primary N) is 1. The molecule has 4 aromatic rings. The molecule has 2 aromatic heterocycles. The van der Waals surface area contributed by atoms with Crippen LogP contribution in [0.2, 0.25) is 5.02 Å². The summed E-state index contributed by atoms with van der Waals surface area (Å²) in [7, 11) is -3.56. The van der Waals surface area contributed by atoms with Gasteiger partial charge in [0.15, 0.2) is 11.6 Å². The van der Waals surface area contributed by atoms with E-state index in [1.165, 1.54) is 12.1 Å². The Balaban J connectivity index is 1.36. The summed E-state index contributed by atoms with van der Waals surface area (Å²) in [5, 5.41) is 10.4. The van der Waals surface area contributed by atoms with E-state index in [0.29, 0.717) is 37.7 Å². The number of hydrogen-bond acceptors (Lipinski definition) is 11. The summed E-state index contributed by atoms with van der Waals surface area (Å²) >= 11 is 8.02. The second-order valence-corrected chi connectivity index (χ2v) is 17.6. The van der Waals surface area contributed by atoms with Gasteiger partial charge in [-0.3, -0.25) is 4.90 Å². The van der Waals surface area contributed by atoms with E-state index < -0.39 is 27.7 Å². The molecule has 2 aromatic carbocycles. The highest BCUT2D eigenvalue weighted by Crippen LogP contribution is 2.51. The molecule has 3 unspecified atom stereocenters. The molecule has 3 N–H and O–H groups in total. The van der Waals surface area contributed by atoms with Gasteiger partial charge in [-0.15, -0.1) is 11.3 Å². The third-order valence-corrected chi connectivity index (χ3v) is 13.1. The summed E-state index contributed by atoms with van der Waals surface area (Å²) < 4.78 is 73.3. The lowest BCUT2D eigenvalue weighted by Crippen LogP contribution is -2.52. The van der Waals surface area contributed by atoms with Crippen LogP contribution in [0.3, 0.4) is 0 Å². The minimum Gasteiger partial charge on any atom is -0.491 e. The van der Waals surface area contributed by atoms with Gasteiger partial charge in [0.05, 0.1) is 45.1 Å². The van der Waals surface area contributed by atoms with Gasteiger partial charge in [0, 0.05) is 36.5 Å². The normalized spacial score (nSPS) is 25.2. The molecule has 4 aliphatic rings. The van der Waals surface area contributed by atoms with Crippen molar-refractivity contribution in [1.29, 1.82) is 5.26 Å². The number of ether oxygens (including phenoxy) is 2. The summed E-state index contributed by atoms with van der Waals surface area (Å²) in [6.45, 7) is 5.18. The standard InChI is InChI=1S/C35H38ClF2N7O4S2/c1-18-14-35(10-5-11-44(35)16-18)17-49-34-41-29-26-30(48-13-9-23-22(43-51(2,46)47)6-3-4-12-45(23)33(26)42-34)27(36)25(28(29)38)19-7-8-21(37)31-24(19)20(15-39)32(40)50-31/h7-8,18,22-23,43H,3-6,9-14,16-17,40H2,1-2H3/t18-,22?,23?,35?/m1/s1. The lowest BCUT2D eigenvalue weighted by atomic mass is 9.92. The van der Waals surface area contributed by atoms with Gasteiger partial charge in [-0.05, 0) is 56.2 Å². The van der Waals surface area contributed by atoms with Gasteiger partial charge in [-0.25, -0.2) is 21.9 Å². The van der Waals surface area contributed by atoms with Crippen LogP contribution in [0.1, 0.15) is 57.4 Å². The van der Waals surface area contributed by atoms with Crippen LogP contribution in [0.15, 0.2) is 12.1 Å². The topological polar surface area (TPSA) is 147 Å². The lowest BCUT2D eigenvalue weighted by Gasteiger charge is -2.38. The van der Waals surface area contributed by atoms with Crippen molar-refractivity contribution in [3.63, 3.8) is 0 Å². The maximum Gasteiger partial charge on any atom is 0.319 e. The predicted molar refractivity (Wildman–Crippen MR) is 194 cm³/mol. The largest absolute Gasteiger partial charge is 0.491 e. The molecule has 6 heterocycles. The number of thiophene rings is 1. The lowest BCUT2D eigenvalue weighted by molar-refractivity contribution is 0.107. The Kier molecular flexibility index (Phi) is 8.69. The van der Waals surface area contributed by atoms with Gasteiger partial charge >= 0.3 is 6.01 Å². The Morgan fingerprint density at radius 3 is 2.82 bits per heavy atom. The molecule has 270 valence electrons. The van der Waals surface area contributed by atoms with E-state index in [-0.39, 0.29) is 77.7 Å². The van der Waals surface area contributed by atoms with Crippen molar-refractivity contribution in [2.75, 3.05) is 49.7 Å². The van der Waals surface area contributed by atoms with E-state index in [2.05, 4.69) is 21.5 Å². The number of nitrogens with zero attached hydrogens (tertiary/aromatic N) is 5. The van der Waals surface area contributed by atoms with Crippen LogP contribution in [0.25, 0.3) is 32.1 Å². The molecule has 51 heavy (non-hydrogen) atoms. The minimum absolute atomic E-state index is 0.0191. The number of nitriles is 1. The Morgan fingerprint density at radius 2 is 2.04 bits per heavy atom. The van der Waals surface area contributed by atoms with Crippen molar-refractivity contribution in [3.8, 4) is 29.0 Å². The van der Waals surface area contributed by atoms with E-state index in [1.807, 2.05) is 11.0 Å². The van der Waals surface area contributed by atoms with Crippen molar-refractivity contribution < 1.29 is 26.7 Å². The number of sulfonamides is 1. The molecular weight excluding hydrogens is 720 g/mol. The van der Waals surface area contributed by atoms with Gasteiger partial charge in [0.25, 0.3) is 0 Å². The van der Waals surface area contributed by atoms with Crippen LogP contribution < -0.4 is 24.8 Å². The molecule has 16 heteroatoms. The van der Waals surface area contributed by atoms with E-state index in [9.17, 15) is 13.7 Å². The zero-order valence-electron chi connectivity index (χ0n) is 28.3. The molecule has 0 bridgehead atoms. The summed E-state index contributed by atoms with van der Waals surface area (Å²) in [5.74, 6) is -0.418. The van der Waals surface area contributed by atoms with Crippen LogP contribution in [-0.4, -0.2) is 80.0 Å². The number of nitrogen functional groups attached to an aromatic ring is 1. The Labute approximate surface area is 303 Å². The molecule has 0 spiro atoms. The summed E-state index contributed by atoms with van der Waals surface area (Å²) in [4.78, 5) is 14.1. The van der Waals surface area contributed by atoms with E-state index >= 15 is 8.78 Å². The van der Waals surface area contributed by atoms with Crippen LogP contribution in [-0.2, 0) is 10.0 Å². The highest BCUT2D eigenvalue weighted by Gasteiger charge is 2.48. The van der Waals surface area contributed by atoms with Gasteiger partial charge in [-0.1, -0.05) is 31.0 Å². The second kappa shape index (κ2) is 12.8. The first-order chi connectivity index (χ1) is 24.4. The Bertz CT molecular complexity index is 2230. The minimum atomic E-state index is -3.56. The summed E-state index contributed by atoms with van der Waals surface area (Å²) in [6, 6.07) is 3.79. The number of halogens is 3. The van der Waals surface area contributed by atoms with Crippen LogP contribution in [0, 0.1) is 28.9 Å². The molecule has 4 atom stereocenters. The fourth-order valence-corrected chi connectivity index (χ4v) is 11.1. The molecule has 8 rings (SSSR count). The smallest absolute Gasteiger partial charge is 0.319 e. The fraction of sp³-hybridized carbons (Fsp3) is 0.514. The average molecular weight is 758 g/mol. The van der Waals surface area contributed by atoms with Gasteiger partial charge < -0.3 is 20.1 Å². The fourth-order valence-electron chi connectivity index (χ4n) is 8.95. The number of anilines is 2. The van der Waals surface area contributed by atoms with Crippen LogP contribution >= 0.6 is 22.9 Å². The molecular formula is C35H38ClF2N7O4S2. The number of benzene rings is 2. The van der Waals surface area contributed by atoms with Crippen molar-refractivity contribution >= 4 is 64.8 Å². The first-order valence-corrected chi connectivity index (χ1v) is 20.4. The molecule has 3 fully saturated rings. The number of hydrogen-bond donors (Lipinski definition) is 2. The maximum atomic E-state index is 17.4. The zero-order chi connectivity index (χ0) is 35.8. The van der Waals surface area contributed by atoms with E-state index in [0.717, 1.165) is 62.8 Å². The highest BCUT2D eigenvalue weighted by atomic mass is 35.5. The van der Waals surface area contributed by atoms with E-state index in [1.54, 1.807) is 0 Å². The summed E-state index contributed by atoms with van der Waals surface area (Å²) in [5.41, 5.74) is 5.96. The average Bonchev–Trinajstić information content (AvgIpc) is 3.67. The van der Waals surface area contributed by atoms with Crippen molar-refractivity contribution in [1.82, 2.24) is 19.6 Å². The monoisotopic (exact) mass is 757 g/mol. The molecule has 0 aliphatic carbocycles. The van der Waals surface area contributed by atoms with E-state index in [4.69, 9.17) is 31.8 Å². The number of aromatic nitrogens is 2. The third-order valence-electron chi connectivity index (χ3n) is 10.9. The number of fused-ring (bicyclic) bond motifs is 4. The molecule has 4 aliphatic heterocycles. The Morgan fingerprint density at radius 1 is 1.22 bits per heavy atom. The number of nitrogens with one attached hydrogen (secondary N) is 1. The van der Waals surface area contributed by atoms with Crippen molar-refractivity contribution in [3.05, 3.63) is 34.4 Å².